The van der Waals surface area contributed by atoms with Gasteiger partial charge >= 0.3 is 0 Å². The summed E-state index contributed by atoms with van der Waals surface area (Å²) >= 11 is 0. The lowest BCUT2D eigenvalue weighted by Crippen LogP contribution is -2.38. The van der Waals surface area contributed by atoms with Crippen LogP contribution in [0.15, 0.2) is 30.3 Å². The first kappa shape index (κ1) is 12.6. The zero-order chi connectivity index (χ0) is 11.8. The highest BCUT2D eigenvalue weighted by Gasteiger charge is 2.17. The SMILES string of the molecule is CCCNC(=O)C(CC)Oc1ccccc1. The third-order valence-corrected chi connectivity index (χ3v) is 2.23. The molecule has 0 aliphatic rings. The van der Waals surface area contributed by atoms with Crippen LogP contribution in [0.3, 0.4) is 0 Å². The monoisotopic (exact) mass is 221 g/mol. The van der Waals surface area contributed by atoms with Gasteiger partial charge in [0.05, 0.1) is 0 Å². The number of carbonyl (C=O) groups excluding carboxylic acids is 1. The maximum atomic E-state index is 11.7. The molecule has 0 radical (unpaired) electrons. The Balaban J connectivity index is 2.52. The van der Waals surface area contributed by atoms with Gasteiger partial charge in [-0.1, -0.05) is 32.0 Å². The predicted molar refractivity (Wildman–Crippen MR) is 64.4 cm³/mol. The fourth-order valence-electron chi connectivity index (χ4n) is 1.35. The van der Waals surface area contributed by atoms with Crippen molar-refractivity contribution in [3.63, 3.8) is 0 Å². The van der Waals surface area contributed by atoms with Gasteiger partial charge in [-0.15, -0.1) is 0 Å². The zero-order valence-electron chi connectivity index (χ0n) is 9.90. The Hall–Kier alpha value is -1.51. The first-order valence-corrected chi connectivity index (χ1v) is 5.77. The van der Waals surface area contributed by atoms with Crippen molar-refractivity contribution in [1.29, 1.82) is 0 Å². The molecule has 3 nitrogen and oxygen atoms in total. The molecule has 1 N–H and O–H groups in total. The second-order valence-electron chi connectivity index (χ2n) is 3.62. The summed E-state index contributed by atoms with van der Waals surface area (Å²) in [5.74, 6) is 0.703. The molecule has 88 valence electrons. The van der Waals surface area contributed by atoms with E-state index in [1.165, 1.54) is 0 Å². The fraction of sp³-hybridized carbons (Fsp3) is 0.462. The van der Waals surface area contributed by atoms with E-state index in [1.807, 2.05) is 44.2 Å². The molecular formula is C13H19NO2. The second kappa shape index (κ2) is 6.88. The van der Waals surface area contributed by atoms with Gasteiger partial charge in [0, 0.05) is 6.54 Å². The summed E-state index contributed by atoms with van der Waals surface area (Å²) in [4.78, 5) is 11.7. The Kier molecular flexibility index (Phi) is 5.40. The highest BCUT2D eigenvalue weighted by Crippen LogP contribution is 2.12. The van der Waals surface area contributed by atoms with E-state index in [-0.39, 0.29) is 5.91 Å². The van der Waals surface area contributed by atoms with Crippen LogP contribution in [-0.2, 0) is 4.79 Å². The van der Waals surface area contributed by atoms with Crippen molar-refractivity contribution in [2.24, 2.45) is 0 Å². The van der Waals surface area contributed by atoms with E-state index in [0.29, 0.717) is 13.0 Å². The molecule has 1 aromatic carbocycles. The van der Waals surface area contributed by atoms with E-state index in [9.17, 15) is 4.79 Å². The number of hydrogen-bond acceptors (Lipinski definition) is 2. The molecule has 0 aliphatic heterocycles. The Labute approximate surface area is 96.8 Å². The van der Waals surface area contributed by atoms with Gasteiger partial charge in [0.2, 0.25) is 0 Å². The summed E-state index contributed by atoms with van der Waals surface area (Å²) in [5.41, 5.74) is 0. The topological polar surface area (TPSA) is 38.3 Å². The van der Waals surface area contributed by atoms with Crippen LogP contribution >= 0.6 is 0 Å². The molecule has 0 spiro atoms. The molecule has 0 aromatic heterocycles. The molecule has 1 amide bonds. The molecule has 0 bridgehead atoms. The van der Waals surface area contributed by atoms with E-state index in [1.54, 1.807) is 0 Å². The van der Waals surface area contributed by atoms with E-state index in [4.69, 9.17) is 4.74 Å². The van der Waals surface area contributed by atoms with Crippen molar-refractivity contribution in [2.45, 2.75) is 32.8 Å². The van der Waals surface area contributed by atoms with Gasteiger partial charge in [-0.05, 0) is 25.0 Å². The van der Waals surface area contributed by atoms with Gasteiger partial charge in [-0.25, -0.2) is 0 Å². The molecule has 0 aliphatic carbocycles. The quantitative estimate of drug-likeness (QED) is 0.801. The Morgan fingerprint density at radius 2 is 2.00 bits per heavy atom. The van der Waals surface area contributed by atoms with Crippen LogP contribution in [0.1, 0.15) is 26.7 Å². The normalized spacial score (nSPS) is 11.9. The summed E-state index contributed by atoms with van der Waals surface area (Å²) in [5, 5.41) is 2.84. The average molecular weight is 221 g/mol. The number of para-hydroxylation sites is 1. The minimum Gasteiger partial charge on any atom is -0.481 e. The standard InChI is InChI=1S/C13H19NO2/c1-3-10-14-13(15)12(4-2)16-11-8-6-5-7-9-11/h5-9,12H,3-4,10H2,1-2H3,(H,14,15). The molecule has 0 fully saturated rings. The summed E-state index contributed by atoms with van der Waals surface area (Å²) in [6.07, 6.45) is 1.21. The number of benzene rings is 1. The lowest BCUT2D eigenvalue weighted by molar-refractivity contribution is -0.128. The molecule has 1 atom stereocenters. The summed E-state index contributed by atoms with van der Waals surface area (Å²) < 4.78 is 5.61. The number of nitrogens with one attached hydrogen (secondary N) is 1. The number of hydrogen-bond donors (Lipinski definition) is 1. The summed E-state index contributed by atoms with van der Waals surface area (Å²) in [6.45, 7) is 4.67. The largest absolute Gasteiger partial charge is 0.481 e. The van der Waals surface area contributed by atoms with Crippen molar-refractivity contribution in [1.82, 2.24) is 5.32 Å². The van der Waals surface area contributed by atoms with Gasteiger partial charge in [0.15, 0.2) is 6.10 Å². The van der Waals surface area contributed by atoms with Gasteiger partial charge in [0.1, 0.15) is 5.75 Å². The smallest absolute Gasteiger partial charge is 0.261 e. The third-order valence-electron chi connectivity index (χ3n) is 2.23. The Morgan fingerprint density at radius 1 is 1.31 bits per heavy atom. The van der Waals surface area contributed by atoms with Crippen molar-refractivity contribution in [3.8, 4) is 5.75 Å². The van der Waals surface area contributed by atoms with Crippen LogP contribution in [0.25, 0.3) is 0 Å². The fourth-order valence-corrected chi connectivity index (χ4v) is 1.35. The highest BCUT2D eigenvalue weighted by atomic mass is 16.5. The molecular weight excluding hydrogens is 202 g/mol. The van der Waals surface area contributed by atoms with E-state index in [0.717, 1.165) is 12.2 Å². The lowest BCUT2D eigenvalue weighted by Gasteiger charge is -2.16. The second-order valence-corrected chi connectivity index (χ2v) is 3.62. The zero-order valence-corrected chi connectivity index (χ0v) is 9.90. The van der Waals surface area contributed by atoms with E-state index in [2.05, 4.69) is 5.32 Å². The molecule has 1 aromatic rings. The molecule has 0 saturated heterocycles. The first-order valence-electron chi connectivity index (χ1n) is 5.77. The van der Waals surface area contributed by atoms with Crippen molar-refractivity contribution in [2.75, 3.05) is 6.54 Å². The number of amides is 1. The van der Waals surface area contributed by atoms with E-state index >= 15 is 0 Å². The van der Waals surface area contributed by atoms with Crippen LogP contribution in [0.2, 0.25) is 0 Å². The van der Waals surface area contributed by atoms with Crippen LogP contribution in [-0.4, -0.2) is 18.6 Å². The maximum absolute atomic E-state index is 11.7. The number of carbonyl (C=O) groups is 1. The highest BCUT2D eigenvalue weighted by molar-refractivity contribution is 5.81. The van der Waals surface area contributed by atoms with E-state index < -0.39 is 6.10 Å². The van der Waals surface area contributed by atoms with Gasteiger partial charge in [-0.2, -0.15) is 0 Å². The maximum Gasteiger partial charge on any atom is 0.261 e. The Morgan fingerprint density at radius 3 is 2.56 bits per heavy atom. The number of ether oxygens (including phenoxy) is 1. The minimum absolute atomic E-state index is 0.0341. The van der Waals surface area contributed by atoms with Crippen molar-refractivity contribution in [3.05, 3.63) is 30.3 Å². The summed E-state index contributed by atoms with van der Waals surface area (Å²) in [7, 11) is 0. The van der Waals surface area contributed by atoms with Gasteiger partial charge < -0.3 is 10.1 Å². The summed E-state index contributed by atoms with van der Waals surface area (Å²) in [6, 6.07) is 9.43. The molecule has 1 rings (SSSR count). The molecule has 16 heavy (non-hydrogen) atoms. The van der Waals surface area contributed by atoms with Crippen LogP contribution in [0, 0.1) is 0 Å². The van der Waals surface area contributed by atoms with Crippen molar-refractivity contribution >= 4 is 5.91 Å². The van der Waals surface area contributed by atoms with Gasteiger partial charge in [0.25, 0.3) is 5.91 Å². The number of rotatable bonds is 6. The van der Waals surface area contributed by atoms with Crippen LogP contribution in [0.4, 0.5) is 0 Å². The first-order chi connectivity index (χ1) is 7.77. The van der Waals surface area contributed by atoms with Crippen molar-refractivity contribution < 1.29 is 9.53 Å². The van der Waals surface area contributed by atoms with Gasteiger partial charge in [-0.3, -0.25) is 4.79 Å². The average Bonchev–Trinajstić information content (AvgIpc) is 2.34. The van der Waals surface area contributed by atoms with Crippen LogP contribution < -0.4 is 10.1 Å². The molecule has 0 heterocycles. The van der Waals surface area contributed by atoms with Crippen LogP contribution in [0.5, 0.6) is 5.75 Å². The molecule has 0 saturated carbocycles. The Bertz CT molecular complexity index is 311. The predicted octanol–water partition coefficient (Wildman–Crippen LogP) is 2.37. The minimum atomic E-state index is -0.394. The molecule has 1 unspecified atom stereocenters. The third kappa shape index (κ3) is 3.93. The molecule has 3 heteroatoms. The lowest BCUT2D eigenvalue weighted by atomic mass is 10.2.